The van der Waals surface area contributed by atoms with E-state index in [0.29, 0.717) is 17.8 Å². The maximum atomic E-state index is 14.7. The smallest absolute Gasteiger partial charge is 0.414 e. The molecule has 0 radical (unpaired) electrons. The summed E-state index contributed by atoms with van der Waals surface area (Å²) >= 11 is 1.66. The molecule has 1 unspecified atom stereocenters. The highest BCUT2D eigenvalue weighted by molar-refractivity contribution is 7.97. The number of amides is 2. The lowest BCUT2D eigenvalue weighted by atomic mass is 9.79. The molecule has 2 heterocycles. The fraction of sp³-hybridized carbons (Fsp3) is 0.529. The van der Waals surface area contributed by atoms with Crippen molar-refractivity contribution in [2.75, 3.05) is 30.3 Å². The summed E-state index contributed by atoms with van der Waals surface area (Å²) in [5.74, 6) is 0.435. The Morgan fingerprint density at radius 1 is 1.56 bits per heavy atom. The van der Waals surface area contributed by atoms with E-state index in [0.717, 1.165) is 12.2 Å². The largest absolute Gasteiger partial charge is 0.442 e. The van der Waals surface area contributed by atoms with Crippen LogP contribution in [-0.2, 0) is 14.9 Å². The molecule has 2 atom stereocenters. The quantitative estimate of drug-likeness (QED) is 0.799. The Morgan fingerprint density at radius 3 is 3.00 bits per heavy atom. The zero-order valence-electron chi connectivity index (χ0n) is 14.3. The summed E-state index contributed by atoms with van der Waals surface area (Å²) in [4.78, 5) is 24.4. The van der Waals surface area contributed by atoms with Crippen LogP contribution in [0.1, 0.15) is 25.8 Å². The van der Waals surface area contributed by atoms with Crippen molar-refractivity contribution < 1.29 is 18.7 Å². The zero-order chi connectivity index (χ0) is 18.0. The average molecular weight is 367 g/mol. The molecule has 8 heteroatoms. The molecule has 1 aromatic carbocycles. The Labute approximate surface area is 150 Å². The number of nitrogens with one attached hydrogen (secondary N) is 2. The van der Waals surface area contributed by atoms with E-state index in [1.807, 2.05) is 6.92 Å². The maximum Gasteiger partial charge on any atom is 0.414 e. The molecule has 136 valence electrons. The van der Waals surface area contributed by atoms with Gasteiger partial charge in [0.1, 0.15) is 11.9 Å². The molecule has 2 amide bonds. The third kappa shape index (κ3) is 3.90. The van der Waals surface area contributed by atoms with Crippen molar-refractivity contribution in [1.82, 2.24) is 10.0 Å². The first-order valence-corrected chi connectivity index (χ1v) is 9.25. The number of cyclic esters (lactones) is 1. The third-order valence-corrected chi connectivity index (χ3v) is 5.44. The molecule has 2 N–H and O–H groups in total. The van der Waals surface area contributed by atoms with Gasteiger partial charge in [-0.15, -0.1) is 0 Å². The van der Waals surface area contributed by atoms with Gasteiger partial charge >= 0.3 is 6.09 Å². The van der Waals surface area contributed by atoms with Gasteiger partial charge in [-0.1, -0.05) is 24.9 Å². The minimum absolute atomic E-state index is 0.183. The molecular formula is C17H22FN3O3S. The van der Waals surface area contributed by atoms with Crippen LogP contribution in [0.15, 0.2) is 18.2 Å². The van der Waals surface area contributed by atoms with E-state index >= 15 is 0 Å². The van der Waals surface area contributed by atoms with Gasteiger partial charge in [0.2, 0.25) is 5.91 Å². The molecule has 2 aliphatic rings. The molecular weight excluding hydrogens is 345 g/mol. The van der Waals surface area contributed by atoms with Crippen LogP contribution in [0.4, 0.5) is 14.9 Å². The van der Waals surface area contributed by atoms with Crippen LogP contribution in [0.3, 0.4) is 0 Å². The number of anilines is 1. The van der Waals surface area contributed by atoms with E-state index in [2.05, 4.69) is 10.0 Å². The first kappa shape index (κ1) is 18.0. The van der Waals surface area contributed by atoms with Crippen LogP contribution in [-0.4, -0.2) is 43.5 Å². The highest BCUT2D eigenvalue weighted by Crippen LogP contribution is 2.35. The van der Waals surface area contributed by atoms with Gasteiger partial charge in [0.25, 0.3) is 0 Å². The lowest BCUT2D eigenvalue weighted by Gasteiger charge is -2.34. The van der Waals surface area contributed by atoms with Gasteiger partial charge in [-0.25, -0.2) is 9.18 Å². The second-order valence-electron chi connectivity index (χ2n) is 6.70. The SMILES string of the molecule is CC(=O)NC[C@H]1CN(c2ccc(C3(C)CCSNC3)c(F)c2)C(=O)O1. The normalized spacial score (nSPS) is 26.4. The van der Waals surface area contributed by atoms with Crippen LogP contribution in [0.25, 0.3) is 0 Å². The topological polar surface area (TPSA) is 70.7 Å². The number of carbonyl (C=O) groups is 2. The molecule has 6 nitrogen and oxygen atoms in total. The van der Waals surface area contributed by atoms with Crippen LogP contribution in [0.5, 0.6) is 0 Å². The molecule has 1 aromatic rings. The Hall–Kier alpha value is -1.80. The van der Waals surface area contributed by atoms with E-state index in [-0.39, 0.29) is 30.2 Å². The lowest BCUT2D eigenvalue weighted by molar-refractivity contribution is -0.119. The van der Waals surface area contributed by atoms with Gasteiger partial charge in [0.15, 0.2) is 0 Å². The number of nitrogens with zero attached hydrogens (tertiary/aromatic N) is 1. The second-order valence-corrected chi connectivity index (χ2v) is 7.68. The van der Waals surface area contributed by atoms with Crippen LogP contribution in [0, 0.1) is 5.82 Å². The molecule has 0 saturated carbocycles. The third-order valence-electron chi connectivity index (χ3n) is 4.69. The van der Waals surface area contributed by atoms with E-state index in [4.69, 9.17) is 4.74 Å². The summed E-state index contributed by atoms with van der Waals surface area (Å²) in [6.45, 7) is 4.69. The molecule has 2 saturated heterocycles. The van der Waals surface area contributed by atoms with E-state index < -0.39 is 12.2 Å². The van der Waals surface area contributed by atoms with Crippen LogP contribution >= 0.6 is 11.9 Å². The Kier molecular flexibility index (Phi) is 5.19. The summed E-state index contributed by atoms with van der Waals surface area (Å²) in [6.07, 6.45) is -0.0634. The van der Waals surface area contributed by atoms with Crippen molar-refractivity contribution in [2.45, 2.75) is 31.8 Å². The first-order chi connectivity index (χ1) is 11.9. The highest BCUT2D eigenvalue weighted by atomic mass is 32.2. The van der Waals surface area contributed by atoms with Crippen molar-refractivity contribution in [3.05, 3.63) is 29.6 Å². The number of benzene rings is 1. The van der Waals surface area contributed by atoms with Gasteiger partial charge in [-0.3, -0.25) is 14.4 Å². The predicted molar refractivity (Wildman–Crippen MR) is 95.1 cm³/mol. The minimum Gasteiger partial charge on any atom is -0.442 e. The Bertz CT molecular complexity index is 679. The van der Waals surface area contributed by atoms with Crippen molar-refractivity contribution in [3.63, 3.8) is 0 Å². The number of ether oxygens (including phenoxy) is 1. The number of hydrogen-bond acceptors (Lipinski definition) is 5. The summed E-state index contributed by atoms with van der Waals surface area (Å²) in [5.41, 5.74) is 0.873. The molecule has 3 rings (SSSR count). The molecule has 25 heavy (non-hydrogen) atoms. The van der Waals surface area contributed by atoms with Gasteiger partial charge in [0.05, 0.1) is 18.8 Å². The van der Waals surface area contributed by atoms with Crippen LogP contribution < -0.4 is 14.9 Å². The van der Waals surface area contributed by atoms with Gasteiger partial charge in [-0.05, 0) is 24.1 Å². The predicted octanol–water partition coefficient (Wildman–Crippen LogP) is 2.19. The van der Waals surface area contributed by atoms with Gasteiger partial charge in [0, 0.05) is 24.6 Å². The van der Waals surface area contributed by atoms with E-state index in [1.165, 1.54) is 17.9 Å². The average Bonchev–Trinajstić information content (AvgIpc) is 2.94. The fourth-order valence-electron chi connectivity index (χ4n) is 3.13. The molecule has 0 spiro atoms. The number of hydrogen-bond donors (Lipinski definition) is 2. The van der Waals surface area contributed by atoms with Crippen molar-refractivity contribution in [1.29, 1.82) is 0 Å². The van der Waals surface area contributed by atoms with Gasteiger partial charge < -0.3 is 10.1 Å². The Morgan fingerprint density at radius 2 is 2.36 bits per heavy atom. The summed E-state index contributed by atoms with van der Waals surface area (Å²) in [5, 5.41) is 2.62. The molecule has 0 bridgehead atoms. The first-order valence-electron chi connectivity index (χ1n) is 8.26. The fourth-order valence-corrected chi connectivity index (χ4v) is 4.25. The molecule has 2 aliphatic heterocycles. The van der Waals surface area contributed by atoms with Crippen molar-refractivity contribution in [3.8, 4) is 0 Å². The number of rotatable bonds is 4. The molecule has 0 aliphatic carbocycles. The Balaban J connectivity index is 1.74. The standard InChI is InChI=1S/C17H22FN3O3S/c1-11(22)19-8-13-9-21(16(23)24-13)12-3-4-14(15(18)7-12)17(2)5-6-25-20-10-17/h3-4,7,13,20H,5-6,8-10H2,1-2H3,(H,19,22)/t13-,17?/m0/s1. The maximum absolute atomic E-state index is 14.7. The lowest BCUT2D eigenvalue weighted by Crippen LogP contribution is -2.38. The summed E-state index contributed by atoms with van der Waals surface area (Å²) in [6, 6.07) is 4.91. The molecule has 0 aromatic heterocycles. The number of halogens is 1. The summed E-state index contributed by atoms with van der Waals surface area (Å²) < 4.78 is 23.2. The van der Waals surface area contributed by atoms with Crippen molar-refractivity contribution >= 4 is 29.6 Å². The summed E-state index contributed by atoms with van der Waals surface area (Å²) in [7, 11) is 0. The van der Waals surface area contributed by atoms with Crippen LogP contribution in [0.2, 0.25) is 0 Å². The highest BCUT2D eigenvalue weighted by Gasteiger charge is 2.35. The van der Waals surface area contributed by atoms with E-state index in [1.54, 1.807) is 24.1 Å². The zero-order valence-corrected chi connectivity index (χ0v) is 15.1. The van der Waals surface area contributed by atoms with Gasteiger partial charge in [-0.2, -0.15) is 0 Å². The minimum atomic E-state index is -0.524. The van der Waals surface area contributed by atoms with Crippen molar-refractivity contribution in [2.24, 2.45) is 0 Å². The monoisotopic (exact) mass is 367 g/mol. The second kappa shape index (κ2) is 7.21. The molecule has 2 fully saturated rings. The van der Waals surface area contributed by atoms with E-state index in [9.17, 15) is 14.0 Å². The number of carbonyl (C=O) groups excluding carboxylic acids is 2.